The molecule has 13 heavy (non-hydrogen) atoms. The Morgan fingerprint density at radius 2 is 2.00 bits per heavy atom. The number of hydrogen-bond donors (Lipinski definition) is 2. The van der Waals surface area contributed by atoms with E-state index in [4.69, 9.17) is 10.2 Å². The molecule has 2 unspecified atom stereocenters. The van der Waals surface area contributed by atoms with Crippen LogP contribution in [0.5, 0.6) is 0 Å². The molecule has 0 aliphatic rings. The molecule has 8 heteroatoms. The predicted molar refractivity (Wildman–Crippen MR) is 39.7 cm³/mol. The number of rotatable bonds is 6. The largest absolute Gasteiger partial charge is 0.391 e. The summed E-state index contributed by atoms with van der Waals surface area (Å²) in [6, 6.07) is 0. The van der Waals surface area contributed by atoms with Crippen LogP contribution in [0.25, 0.3) is 0 Å². The Morgan fingerprint density at radius 3 is 2.38 bits per heavy atom. The Hall–Kier alpha value is -0.700. The van der Waals surface area contributed by atoms with E-state index in [-0.39, 0.29) is 6.47 Å². The van der Waals surface area contributed by atoms with E-state index in [0.29, 0.717) is 0 Å². The molecule has 0 spiro atoms. The highest BCUT2D eigenvalue weighted by molar-refractivity contribution is 7.86. The Kier molecular flexibility index (Phi) is 4.85. The molecule has 7 nitrogen and oxygen atoms in total. The van der Waals surface area contributed by atoms with Crippen LogP contribution in [0.3, 0.4) is 0 Å². The van der Waals surface area contributed by atoms with Crippen LogP contribution in [0.15, 0.2) is 0 Å². The zero-order chi connectivity index (χ0) is 10.5. The molecule has 0 aromatic rings. The quantitative estimate of drug-likeness (QED) is 0.303. The normalized spacial score (nSPS) is 16.2. The lowest BCUT2D eigenvalue weighted by molar-refractivity contribution is -0.194. The van der Waals surface area contributed by atoms with Gasteiger partial charge in [0.05, 0.1) is 12.2 Å². The zero-order valence-corrected chi connectivity index (χ0v) is 7.60. The molecule has 0 aliphatic carbocycles. The van der Waals surface area contributed by atoms with Crippen molar-refractivity contribution in [1.82, 2.24) is 0 Å². The summed E-state index contributed by atoms with van der Waals surface area (Å²) in [4.78, 5) is 13.1. The van der Waals surface area contributed by atoms with E-state index in [1.165, 1.54) is 6.92 Å². The van der Waals surface area contributed by atoms with Gasteiger partial charge in [0.2, 0.25) is 0 Å². The lowest BCUT2D eigenvalue weighted by atomic mass is 10.3. The Morgan fingerprint density at radius 1 is 1.46 bits per heavy atom. The van der Waals surface area contributed by atoms with Crippen molar-refractivity contribution in [2.24, 2.45) is 0 Å². The molecule has 0 heterocycles. The van der Waals surface area contributed by atoms with Crippen LogP contribution in [-0.4, -0.2) is 43.1 Å². The maximum absolute atomic E-state index is 10.7. The van der Waals surface area contributed by atoms with E-state index in [9.17, 15) is 13.2 Å². The average molecular weight is 214 g/mol. The molecule has 0 aromatic carbocycles. The Balaban J connectivity index is 4.09. The van der Waals surface area contributed by atoms with Crippen LogP contribution >= 0.6 is 0 Å². The van der Waals surface area contributed by atoms with Crippen molar-refractivity contribution in [2.75, 3.05) is 5.75 Å². The first-order chi connectivity index (χ1) is 5.89. The minimum absolute atomic E-state index is 0.216. The first-order valence-electron chi connectivity index (χ1n) is 3.26. The predicted octanol–water partition coefficient (Wildman–Crippen LogP) is -1.84. The summed E-state index contributed by atoms with van der Waals surface area (Å²) in [5.41, 5.74) is 0. The van der Waals surface area contributed by atoms with Gasteiger partial charge in [0.25, 0.3) is 0 Å². The van der Waals surface area contributed by atoms with Crippen molar-refractivity contribution in [3.8, 4) is 0 Å². The molecule has 0 aromatic heterocycles. The molecule has 0 saturated heterocycles. The van der Waals surface area contributed by atoms with Gasteiger partial charge in [-0.2, -0.15) is 8.42 Å². The van der Waals surface area contributed by atoms with Gasteiger partial charge in [0, 0.05) is 0 Å². The van der Waals surface area contributed by atoms with Crippen molar-refractivity contribution in [3.63, 3.8) is 0 Å². The van der Waals surface area contributed by atoms with Gasteiger partial charge in [-0.05, 0) is 6.92 Å². The summed E-state index contributed by atoms with van der Waals surface area (Å²) in [7, 11) is -4.15. The fraction of sp³-hybridized carbons (Fsp3) is 0.800. The lowest BCUT2D eigenvalue weighted by Gasteiger charge is -2.11. The zero-order valence-electron chi connectivity index (χ0n) is 6.78. The minimum atomic E-state index is -4.15. The third kappa shape index (κ3) is 5.53. The summed E-state index contributed by atoms with van der Waals surface area (Å²) >= 11 is 0. The van der Waals surface area contributed by atoms with Crippen molar-refractivity contribution < 1.29 is 32.6 Å². The van der Waals surface area contributed by atoms with Crippen LogP contribution in [0.2, 0.25) is 0 Å². The second-order valence-corrected chi connectivity index (χ2v) is 3.88. The fourth-order valence-electron chi connectivity index (χ4n) is 0.452. The van der Waals surface area contributed by atoms with Gasteiger partial charge >= 0.3 is 16.6 Å². The fourth-order valence-corrected chi connectivity index (χ4v) is 1.36. The van der Waals surface area contributed by atoms with E-state index < -0.39 is 28.1 Å². The van der Waals surface area contributed by atoms with Gasteiger partial charge in [-0.25, -0.2) is 0 Å². The van der Waals surface area contributed by atoms with Crippen molar-refractivity contribution in [2.45, 2.75) is 19.1 Å². The third-order valence-corrected chi connectivity index (χ3v) is 2.15. The van der Waals surface area contributed by atoms with Gasteiger partial charge < -0.3 is 10.2 Å². The minimum Gasteiger partial charge on any atom is -0.391 e. The summed E-state index contributed by atoms with van der Waals surface area (Å²) in [6.07, 6.45) is -2.70. The van der Waals surface area contributed by atoms with Crippen LogP contribution in [0.1, 0.15) is 6.92 Å². The van der Waals surface area contributed by atoms with Crippen LogP contribution in [-0.2, 0) is 24.1 Å². The molecular weight excluding hydrogens is 204 g/mol. The topological polar surface area (TPSA) is 110 Å². The Bertz CT molecular complexity index is 244. The Labute approximate surface area is 74.9 Å². The molecule has 0 fully saturated rings. The summed E-state index contributed by atoms with van der Waals surface area (Å²) in [6.45, 7) is 0.993. The highest BCUT2D eigenvalue weighted by Gasteiger charge is 2.22. The highest BCUT2D eigenvalue weighted by Crippen LogP contribution is 2.00. The van der Waals surface area contributed by atoms with Crippen LogP contribution in [0.4, 0.5) is 0 Å². The first-order valence-corrected chi connectivity index (χ1v) is 4.84. The molecule has 0 saturated carbocycles. The van der Waals surface area contributed by atoms with E-state index in [2.05, 4.69) is 9.22 Å². The number of aliphatic hydroxyl groups excluding tert-OH is 2. The molecule has 0 rings (SSSR count). The molecule has 2 N–H and O–H groups in total. The molecule has 0 aliphatic heterocycles. The van der Waals surface area contributed by atoms with E-state index in [1.54, 1.807) is 0 Å². The monoisotopic (exact) mass is 214 g/mol. The van der Waals surface area contributed by atoms with E-state index in [0.717, 1.165) is 0 Å². The van der Waals surface area contributed by atoms with Crippen LogP contribution in [0, 0.1) is 0 Å². The number of carbonyl (C=O) groups excluding carboxylic acids is 1. The highest BCUT2D eigenvalue weighted by atomic mass is 32.2. The second kappa shape index (κ2) is 5.12. The average Bonchev–Trinajstić information content (AvgIpc) is 2.00. The molecule has 0 bridgehead atoms. The van der Waals surface area contributed by atoms with Crippen LogP contribution < -0.4 is 0 Å². The molecule has 78 valence electrons. The number of carbonyl (C=O) groups is 1. The summed E-state index contributed by atoms with van der Waals surface area (Å²) in [5, 5.41) is 17.6. The standard InChI is InChI=1S/C5H10O7S/c1-4(7)5(8)2-13(9,10)12-11-3-6/h3-5,7-8H,2H2,1H3. The second-order valence-electron chi connectivity index (χ2n) is 2.29. The van der Waals surface area contributed by atoms with E-state index >= 15 is 0 Å². The number of aliphatic hydroxyl groups is 2. The first kappa shape index (κ1) is 12.3. The maximum atomic E-state index is 10.7. The van der Waals surface area contributed by atoms with Crippen molar-refractivity contribution in [3.05, 3.63) is 0 Å². The summed E-state index contributed by atoms with van der Waals surface area (Å²) < 4.78 is 25.1. The van der Waals surface area contributed by atoms with Gasteiger partial charge in [0.15, 0.2) is 0 Å². The summed E-state index contributed by atoms with van der Waals surface area (Å²) in [5.74, 6) is -0.849. The third-order valence-electron chi connectivity index (χ3n) is 1.11. The molecule has 2 atom stereocenters. The van der Waals surface area contributed by atoms with Gasteiger partial charge in [-0.3, -0.25) is 9.68 Å². The van der Waals surface area contributed by atoms with Gasteiger partial charge in [0.1, 0.15) is 5.75 Å². The van der Waals surface area contributed by atoms with Gasteiger partial charge in [-0.15, -0.1) is 0 Å². The molecule has 0 amide bonds. The number of hydrogen-bond acceptors (Lipinski definition) is 7. The van der Waals surface area contributed by atoms with E-state index in [1.807, 2.05) is 0 Å². The maximum Gasteiger partial charge on any atom is 0.332 e. The van der Waals surface area contributed by atoms with Crippen molar-refractivity contribution in [1.29, 1.82) is 0 Å². The smallest absolute Gasteiger partial charge is 0.332 e. The van der Waals surface area contributed by atoms with Crippen molar-refractivity contribution >= 4 is 16.6 Å². The molecular formula is C5H10O7S. The molecule has 0 radical (unpaired) electrons. The van der Waals surface area contributed by atoms with Gasteiger partial charge in [-0.1, -0.05) is 4.33 Å². The SMILES string of the molecule is CC(O)C(O)CS(=O)(=O)OOC=O. The lowest BCUT2D eigenvalue weighted by Crippen LogP contribution is -2.31.